The molecule has 80 valence electrons. The highest BCUT2D eigenvalue weighted by Crippen LogP contribution is 2.14. The number of carbonyl (C=O) groups excluding carboxylic acids is 1. The van der Waals surface area contributed by atoms with Gasteiger partial charge in [0.1, 0.15) is 5.82 Å². The molecular formula is C9H7FO4S. The lowest BCUT2D eigenvalue weighted by Gasteiger charge is -2.02. The van der Waals surface area contributed by atoms with Crippen molar-refractivity contribution in [3.8, 4) is 0 Å². The lowest BCUT2D eigenvalue weighted by molar-refractivity contribution is -0.127. The van der Waals surface area contributed by atoms with Gasteiger partial charge in [-0.2, -0.15) is 4.21 Å². The maximum absolute atomic E-state index is 12.5. The summed E-state index contributed by atoms with van der Waals surface area (Å²) in [6.07, 6.45) is 0. The molecule has 1 unspecified atom stereocenters. The second kappa shape index (κ2) is 4.81. The van der Waals surface area contributed by atoms with Gasteiger partial charge >= 0.3 is 17.3 Å². The Bertz CT molecular complexity index is 413. The van der Waals surface area contributed by atoms with E-state index in [1.165, 1.54) is 12.1 Å². The first kappa shape index (κ1) is 11.5. The molecule has 0 amide bonds. The minimum atomic E-state index is -2.68. The zero-order chi connectivity index (χ0) is 11.4. The third kappa shape index (κ3) is 3.26. The summed E-state index contributed by atoms with van der Waals surface area (Å²) in [7, 11) is 0. The Balaban J connectivity index is 2.81. The molecule has 0 aliphatic rings. The summed E-state index contributed by atoms with van der Waals surface area (Å²) in [6.45, 7) is 3.37. The SMILES string of the molecule is C=C(C(=O)OS(=O)O)c1ccc(F)cc1. The van der Waals surface area contributed by atoms with Gasteiger partial charge in [-0.15, -0.1) is 0 Å². The number of rotatable bonds is 3. The van der Waals surface area contributed by atoms with Gasteiger partial charge in [0.05, 0.1) is 5.57 Å². The number of hydrogen-bond donors (Lipinski definition) is 1. The Morgan fingerprint density at radius 2 is 1.93 bits per heavy atom. The van der Waals surface area contributed by atoms with Crippen LogP contribution in [0, 0.1) is 5.82 Å². The first-order chi connectivity index (χ1) is 7.00. The van der Waals surface area contributed by atoms with Crippen LogP contribution in [0.1, 0.15) is 5.56 Å². The van der Waals surface area contributed by atoms with E-state index in [0.29, 0.717) is 5.56 Å². The van der Waals surface area contributed by atoms with E-state index in [-0.39, 0.29) is 5.57 Å². The lowest BCUT2D eigenvalue weighted by atomic mass is 10.1. The van der Waals surface area contributed by atoms with E-state index in [2.05, 4.69) is 10.8 Å². The summed E-state index contributed by atoms with van der Waals surface area (Å²) < 4.78 is 35.0. The Morgan fingerprint density at radius 3 is 2.40 bits per heavy atom. The van der Waals surface area contributed by atoms with Crippen LogP contribution in [0.15, 0.2) is 30.8 Å². The van der Waals surface area contributed by atoms with E-state index < -0.39 is 23.1 Å². The number of benzene rings is 1. The maximum atomic E-state index is 12.5. The van der Waals surface area contributed by atoms with E-state index in [0.717, 1.165) is 12.1 Å². The van der Waals surface area contributed by atoms with Crippen LogP contribution >= 0.6 is 0 Å². The van der Waals surface area contributed by atoms with Crippen LogP contribution in [0.25, 0.3) is 5.57 Å². The summed E-state index contributed by atoms with van der Waals surface area (Å²) in [4.78, 5) is 11.1. The van der Waals surface area contributed by atoms with E-state index in [1.807, 2.05) is 0 Å². The van der Waals surface area contributed by atoms with E-state index in [9.17, 15) is 13.4 Å². The molecule has 1 N–H and O–H groups in total. The van der Waals surface area contributed by atoms with E-state index in [1.54, 1.807) is 0 Å². The van der Waals surface area contributed by atoms with Crippen molar-refractivity contribution in [2.45, 2.75) is 0 Å². The molecule has 0 spiro atoms. The molecule has 0 aliphatic carbocycles. The fraction of sp³-hybridized carbons (Fsp3) is 0. The molecule has 0 fully saturated rings. The largest absolute Gasteiger partial charge is 0.360 e. The van der Waals surface area contributed by atoms with Crippen molar-refractivity contribution in [2.75, 3.05) is 0 Å². The summed E-state index contributed by atoms with van der Waals surface area (Å²) in [5, 5.41) is 0. The number of carbonyl (C=O) groups is 1. The molecule has 0 saturated heterocycles. The van der Waals surface area contributed by atoms with Crippen LogP contribution in [0.3, 0.4) is 0 Å². The lowest BCUT2D eigenvalue weighted by Crippen LogP contribution is -2.07. The second-order valence-corrected chi connectivity index (χ2v) is 3.17. The minimum Gasteiger partial charge on any atom is -0.339 e. The molecule has 6 heteroatoms. The standard InChI is InChI=1S/C9H7FO4S/c1-6(9(11)14-15(12)13)7-2-4-8(10)5-3-7/h2-5H,1H2,(H,12,13). The van der Waals surface area contributed by atoms with Crippen LogP contribution in [0.4, 0.5) is 4.39 Å². The monoisotopic (exact) mass is 230 g/mol. The van der Waals surface area contributed by atoms with Gasteiger partial charge in [-0.3, -0.25) is 4.55 Å². The van der Waals surface area contributed by atoms with Gasteiger partial charge in [-0.05, 0) is 17.7 Å². The summed E-state index contributed by atoms with van der Waals surface area (Å²) in [5.41, 5.74) is 0.212. The second-order valence-electron chi connectivity index (χ2n) is 2.57. The molecular weight excluding hydrogens is 223 g/mol. The van der Waals surface area contributed by atoms with Gasteiger partial charge in [-0.1, -0.05) is 18.7 Å². The van der Waals surface area contributed by atoms with Crippen molar-refractivity contribution in [1.82, 2.24) is 0 Å². The highest BCUT2D eigenvalue weighted by Gasteiger charge is 2.13. The normalized spacial score (nSPS) is 11.9. The van der Waals surface area contributed by atoms with Crippen LogP contribution in [0.5, 0.6) is 0 Å². The van der Waals surface area contributed by atoms with Gasteiger partial charge in [0.2, 0.25) is 0 Å². The molecule has 0 heterocycles. The average molecular weight is 230 g/mol. The molecule has 1 atom stereocenters. The van der Waals surface area contributed by atoms with Gasteiger partial charge < -0.3 is 4.18 Å². The molecule has 0 aliphatic heterocycles. The van der Waals surface area contributed by atoms with Crippen molar-refractivity contribution < 1.29 is 22.1 Å². The van der Waals surface area contributed by atoms with Crippen molar-refractivity contribution in [3.63, 3.8) is 0 Å². The Kier molecular flexibility index (Phi) is 3.70. The van der Waals surface area contributed by atoms with Crippen molar-refractivity contribution in [2.24, 2.45) is 0 Å². The van der Waals surface area contributed by atoms with Crippen molar-refractivity contribution in [1.29, 1.82) is 0 Å². The van der Waals surface area contributed by atoms with Crippen LogP contribution in [-0.4, -0.2) is 14.7 Å². The Hall–Kier alpha value is -1.53. The number of hydrogen-bond acceptors (Lipinski definition) is 3. The van der Waals surface area contributed by atoms with E-state index >= 15 is 0 Å². The molecule has 1 aromatic carbocycles. The highest BCUT2D eigenvalue weighted by atomic mass is 32.2. The topological polar surface area (TPSA) is 63.6 Å². The minimum absolute atomic E-state index is 0.114. The zero-order valence-corrected chi connectivity index (χ0v) is 8.29. The average Bonchev–Trinajstić information content (AvgIpc) is 2.17. The first-order valence-electron chi connectivity index (χ1n) is 3.79. The molecule has 0 saturated carbocycles. The van der Waals surface area contributed by atoms with Crippen molar-refractivity contribution >= 4 is 22.9 Å². The Labute approximate surface area is 87.9 Å². The van der Waals surface area contributed by atoms with Crippen molar-refractivity contribution in [3.05, 3.63) is 42.2 Å². The summed E-state index contributed by atoms with van der Waals surface area (Å²) in [5.74, 6) is -1.48. The van der Waals surface area contributed by atoms with Gasteiger partial charge in [0, 0.05) is 0 Å². The highest BCUT2D eigenvalue weighted by molar-refractivity contribution is 7.74. The quantitative estimate of drug-likeness (QED) is 0.631. The molecule has 0 aromatic heterocycles. The molecule has 1 aromatic rings. The maximum Gasteiger partial charge on any atom is 0.360 e. The number of halogens is 1. The first-order valence-corrected chi connectivity index (χ1v) is 4.82. The van der Waals surface area contributed by atoms with Gasteiger partial charge in [0.15, 0.2) is 0 Å². The van der Waals surface area contributed by atoms with Crippen LogP contribution in [0.2, 0.25) is 0 Å². The fourth-order valence-corrected chi connectivity index (χ4v) is 1.11. The molecule has 1 rings (SSSR count). The van der Waals surface area contributed by atoms with Crippen LogP contribution in [-0.2, 0) is 20.3 Å². The molecule has 4 nitrogen and oxygen atoms in total. The molecule has 0 radical (unpaired) electrons. The third-order valence-corrected chi connectivity index (χ3v) is 1.88. The zero-order valence-electron chi connectivity index (χ0n) is 7.47. The molecule has 0 bridgehead atoms. The van der Waals surface area contributed by atoms with Crippen LogP contribution < -0.4 is 0 Å². The summed E-state index contributed by atoms with van der Waals surface area (Å²) >= 11 is -2.68. The third-order valence-electron chi connectivity index (χ3n) is 1.59. The predicted molar refractivity (Wildman–Crippen MR) is 52.3 cm³/mol. The predicted octanol–water partition coefficient (Wildman–Crippen LogP) is 1.52. The Morgan fingerprint density at radius 1 is 1.40 bits per heavy atom. The van der Waals surface area contributed by atoms with Gasteiger partial charge in [-0.25, -0.2) is 9.18 Å². The fourth-order valence-electron chi connectivity index (χ4n) is 0.884. The van der Waals surface area contributed by atoms with E-state index in [4.69, 9.17) is 4.55 Å². The van der Waals surface area contributed by atoms with Gasteiger partial charge in [0.25, 0.3) is 0 Å². The smallest absolute Gasteiger partial charge is 0.339 e. The molecule has 15 heavy (non-hydrogen) atoms. The summed E-state index contributed by atoms with van der Waals surface area (Å²) in [6, 6.07) is 4.92.